The topological polar surface area (TPSA) is 72.5 Å². The van der Waals surface area contributed by atoms with Crippen molar-refractivity contribution in [3.63, 3.8) is 0 Å². The first-order valence-electron chi connectivity index (χ1n) is 11.8. The molecule has 30 heavy (non-hydrogen) atoms. The number of hydrogen-bond acceptors (Lipinski definition) is 4. The van der Waals surface area contributed by atoms with Gasteiger partial charge in [0.25, 0.3) is 0 Å². The summed E-state index contributed by atoms with van der Waals surface area (Å²) in [5.74, 6) is 1.70. The minimum absolute atomic E-state index is 0.00405. The van der Waals surface area contributed by atoms with Gasteiger partial charge in [-0.05, 0) is 60.7 Å². The van der Waals surface area contributed by atoms with E-state index >= 15 is 0 Å². The Hall–Kier alpha value is -1.65. The number of esters is 1. The van der Waals surface area contributed by atoms with Crippen molar-refractivity contribution in [3.05, 3.63) is 11.6 Å². The number of allylic oxidation sites excluding steroid dienone is 1. The highest BCUT2D eigenvalue weighted by Gasteiger charge is 2.61. The Morgan fingerprint density at radius 1 is 1.17 bits per heavy atom. The van der Waals surface area contributed by atoms with Crippen LogP contribution in [0.5, 0.6) is 0 Å². The molecule has 0 heterocycles. The van der Waals surface area contributed by atoms with Gasteiger partial charge in [-0.15, -0.1) is 0 Å². The first-order chi connectivity index (χ1) is 14.2. The summed E-state index contributed by atoms with van der Waals surface area (Å²) in [5, 5.41) is 2.99. The fourth-order valence-electron chi connectivity index (χ4n) is 7.54. The number of hydrogen-bond donors (Lipinski definition) is 1. The molecule has 3 fully saturated rings. The summed E-state index contributed by atoms with van der Waals surface area (Å²) in [6.07, 6.45) is 9.67. The van der Waals surface area contributed by atoms with Gasteiger partial charge < -0.3 is 10.1 Å². The fourth-order valence-corrected chi connectivity index (χ4v) is 7.54. The quantitative estimate of drug-likeness (QED) is 0.552. The number of ketones is 1. The van der Waals surface area contributed by atoms with Crippen LogP contribution < -0.4 is 5.32 Å². The molecule has 1 N–H and O–H groups in total. The van der Waals surface area contributed by atoms with E-state index in [-0.39, 0.29) is 34.7 Å². The molecule has 0 unspecified atom stereocenters. The lowest BCUT2D eigenvalue weighted by Gasteiger charge is -2.57. The van der Waals surface area contributed by atoms with E-state index in [0.29, 0.717) is 42.9 Å². The molecule has 4 rings (SSSR count). The number of fused-ring (bicyclic) bond motifs is 5. The zero-order valence-electron chi connectivity index (χ0n) is 19.0. The van der Waals surface area contributed by atoms with Gasteiger partial charge in [-0.3, -0.25) is 14.4 Å². The molecule has 0 spiro atoms. The largest absolute Gasteiger partial charge is 0.462 e. The van der Waals surface area contributed by atoms with Gasteiger partial charge in [0.2, 0.25) is 5.91 Å². The average Bonchev–Trinajstić information content (AvgIpc) is 2.95. The molecule has 5 heteroatoms. The molecular weight excluding hydrogens is 378 g/mol. The van der Waals surface area contributed by atoms with Crippen molar-refractivity contribution >= 4 is 17.7 Å². The van der Waals surface area contributed by atoms with Crippen LogP contribution in [-0.2, 0) is 19.1 Å². The highest BCUT2D eigenvalue weighted by Crippen LogP contribution is 2.65. The monoisotopic (exact) mass is 415 g/mol. The van der Waals surface area contributed by atoms with Crippen molar-refractivity contribution in [2.75, 3.05) is 6.54 Å². The van der Waals surface area contributed by atoms with E-state index in [1.165, 1.54) is 12.5 Å². The van der Waals surface area contributed by atoms with Crippen LogP contribution in [0.4, 0.5) is 0 Å². The average molecular weight is 416 g/mol. The number of carbonyl (C=O) groups is 3. The standard InChI is InChI=1S/C25H37NO4/c1-5-23(29)26-14-21-22(28)13-20-18-7-6-16-12-17(30-15(2)27)8-10-24(16,3)19(18)9-11-25(20,21)4/h6,17-21H,5,7-14H2,1-4H3,(H,26,29)/t17-,18+,19-,20-,21-,24-,25-/m0/s1. The van der Waals surface area contributed by atoms with Crippen LogP contribution in [0.15, 0.2) is 11.6 Å². The molecule has 3 saturated carbocycles. The van der Waals surface area contributed by atoms with Gasteiger partial charge in [-0.2, -0.15) is 0 Å². The predicted molar refractivity (Wildman–Crippen MR) is 114 cm³/mol. The first-order valence-corrected chi connectivity index (χ1v) is 11.8. The lowest BCUT2D eigenvalue weighted by Crippen LogP contribution is -2.51. The Morgan fingerprint density at radius 3 is 2.63 bits per heavy atom. The number of amides is 1. The number of carbonyl (C=O) groups excluding carboxylic acids is 3. The smallest absolute Gasteiger partial charge is 0.302 e. The van der Waals surface area contributed by atoms with E-state index in [0.717, 1.165) is 38.5 Å². The highest BCUT2D eigenvalue weighted by molar-refractivity contribution is 5.86. The predicted octanol–water partition coefficient (Wildman–Crippen LogP) is 4.20. The van der Waals surface area contributed by atoms with E-state index in [4.69, 9.17) is 4.74 Å². The normalized spacial score (nSPS) is 42.5. The minimum Gasteiger partial charge on any atom is -0.462 e. The van der Waals surface area contributed by atoms with Crippen LogP contribution in [0.2, 0.25) is 0 Å². The molecule has 5 nitrogen and oxygen atoms in total. The summed E-state index contributed by atoms with van der Waals surface area (Å²) in [7, 11) is 0. The Labute approximate surface area is 180 Å². The van der Waals surface area contributed by atoms with Gasteiger partial charge in [-0.25, -0.2) is 0 Å². The molecule has 0 aromatic heterocycles. The first kappa shape index (κ1) is 21.6. The molecule has 0 aromatic rings. The maximum absolute atomic E-state index is 13.0. The van der Waals surface area contributed by atoms with Crippen LogP contribution in [-0.4, -0.2) is 30.3 Å². The van der Waals surface area contributed by atoms with E-state index in [1.54, 1.807) is 0 Å². The Kier molecular flexibility index (Phi) is 5.61. The van der Waals surface area contributed by atoms with Gasteiger partial charge in [0, 0.05) is 38.6 Å². The van der Waals surface area contributed by atoms with E-state index in [2.05, 4.69) is 25.2 Å². The SMILES string of the molecule is CCC(=O)NC[C@H]1C(=O)C[C@H]2[C@@H]3CC=C4C[C@@H](OC(C)=O)CC[C@]4(C)[C@H]3CC[C@]12C. The Morgan fingerprint density at radius 2 is 1.93 bits per heavy atom. The van der Waals surface area contributed by atoms with Crippen LogP contribution in [0, 0.1) is 34.5 Å². The Bertz CT molecular complexity index is 773. The molecule has 0 aromatic carbocycles. The molecule has 0 saturated heterocycles. The van der Waals surface area contributed by atoms with Crippen LogP contribution in [0.3, 0.4) is 0 Å². The van der Waals surface area contributed by atoms with E-state index in [9.17, 15) is 14.4 Å². The zero-order valence-corrected chi connectivity index (χ0v) is 19.0. The van der Waals surface area contributed by atoms with Gasteiger partial charge in [-0.1, -0.05) is 32.4 Å². The van der Waals surface area contributed by atoms with Gasteiger partial charge >= 0.3 is 5.97 Å². The molecule has 1 amide bonds. The third-order valence-corrected chi connectivity index (χ3v) is 9.26. The lowest BCUT2D eigenvalue weighted by atomic mass is 9.47. The molecule has 0 bridgehead atoms. The molecule has 4 aliphatic carbocycles. The van der Waals surface area contributed by atoms with Crippen molar-refractivity contribution in [2.45, 2.75) is 85.2 Å². The number of rotatable bonds is 4. The van der Waals surface area contributed by atoms with Gasteiger partial charge in [0.15, 0.2) is 0 Å². The third-order valence-electron chi connectivity index (χ3n) is 9.26. The molecule has 0 aliphatic heterocycles. The highest BCUT2D eigenvalue weighted by atomic mass is 16.5. The number of nitrogens with one attached hydrogen (secondary N) is 1. The fraction of sp³-hybridized carbons (Fsp3) is 0.800. The molecule has 4 aliphatic rings. The van der Waals surface area contributed by atoms with Crippen molar-refractivity contribution < 1.29 is 19.1 Å². The number of ether oxygens (including phenoxy) is 1. The maximum atomic E-state index is 13.0. The van der Waals surface area contributed by atoms with E-state index < -0.39 is 0 Å². The summed E-state index contributed by atoms with van der Waals surface area (Å²) in [5.41, 5.74) is 1.63. The van der Waals surface area contributed by atoms with Crippen molar-refractivity contribution in [3.8, 4) is 0 Å². The van der Waals surface area contributed by atoms with Crippen molar-refractivity contribution in [1.82, 2.24) is 5.32 Å². The van der Waals surface area contributed by atoms with Gasteiger partial charge in [0.1, 0.15) is 11.9 Å². The molecule has 7 atom stereocenters. The summed E-state index contributed by atoms with van der Waals surface area (Å²) < 4.78 is 5.53. The summed E-state index contributed by atoms with van der Waals surface area (Å²) >= 11 is 0. The maximum Gasteiger partial charge on any atom is 0.302 e. The van der Waals surface area contributed by atoms with Crippen LogP contribution in [0.1, 0.15) is 79.1 Å². The van der Waals surface area contributed by atoms with Crippen molar-refractivity contribution in [2.24, 2.45) is 34.5 Å². The molecule has 0 radical (unpaired) electrons. The zero-order chi connectivity index (χ0) is 21.7. The molecular formula is C25H37NO4. The van der Waals surface area contributed by atoms with Crippen LogP contribution >= 0.6 is 0 Å². The van der Waals surface area contributed by atoms with Crippen molar-refractivity contribution in [1.29, 1.82) is 0 Å². The minimum atomic E-state index is -0.183. The Balaban J connectivity index is 1.54. The summed E-state index contributed by atoms with van der Waals surface area (Å²) in [6, 6.07) is 0. The second-order valence-corrected chi connectivity index (χ2v) is 10.7. The number of Topliss-reactive ketones (excluding diaryl/α,β-unsaturated/α-hetero) is 1. The van der Waals surface area contributed by atoms with E-state index in [1.807, 2.05) is 6.92 Å². The van der Waals surface area contributed by atoms with Gasteiger partial charge in [0.05, 0.1) is 0 Å². The summed E-state index contributed by atoms with van der Waals surface area (Å²) in [6.45, 7) is 8.57. The second kappa shape index (κ2) is 7.80. The third kappa shape index (κ3) is 3.42. The lowest BCUT2D eigenvalue weighted by molar-refractivity contribution is -0.148. The molecule has 166 valence electrons. The summed E-state index contributed by atoms with van der Waals surface area (Å²) in [4.78, 5) is 36.2. The van der Waals surface area contributed by atoms with Crippen LogP contribution in [0.25, 0.3) is 0 Å². The second-order valence-electron chi connectivity index (χ2n) is 10.7.